The Kier molecular flexibility index (Phi) is 7.19. The monoisotopic (exact) mass is 479 g/mol. The zero-order chi connectivity index (χ0) is 23.6. The van der Waals surface area contributed by atoms with Crippen LogP contribution in [0.3, 0.4) is 0 Å². The fraction of sp³-hybridized carbons (Fsp3) is 0.500. The molecule has 2 aromatic rings. The van der Waals surface area contributed by atoms with Crippen LogP contribution in [0, 0.1) is 0 Å². The summed E-state index contributed by atoms with van der Waals surface area (Å²) in [5, 5.41) is 3.42. The topological polar surface area (TPSA) is 54.5 Å². The fourth-order valence-electron chi connectivity index (χ4n) is 4.35. The Morgan fingerprint density at radius 1 is 1.21 bits per heavy atom. The van der Waals surface area contributed by atoms with E-state index in [1.54, 1.807) is 13.0 Å². The van der Waals surface area contributed by atoms with Gasteiger partial charge in [-0.25, -0.2) is 4.79 Å². The van der Waals surface area contributed by atoms with E-state index in [-0.39, 0.29) is 12.6 Å². The molecule has 0 bridgehead atoms. The fourth-order valence-corrected chi connectivity index (χ4v) is 5.51. The molecule has 1 aromatic heterocycles. The van der Waals surface area contributed by atoms with Gasteiger partial charge in [0.1, 0.15) is 0 Å². The van der Waals surface area contributed by atoms with Gasteiger partial charge in [-0.3, -0.25) is 4.98 Å². The van der Waals surface area contributed by atoms with E-state index in [4.69, 9.17) is 4.74 Å². The van der Waals surface area contributed by atoms with Crippen molar-refractivity contribution in [2.75, 3.05) is 31.6 Å². The normalized spacial score (nSPS) is 16.8. The third kappa shape index (κ3) is 5.46. The Balaban J connectivity index is 1.62. The van der Waals surface area contributed by atoms with Crippen molar-refractivity contribution in [3.05, 3.63) is 46.8 Å². The lowest BCUT2D eigenvalue weighted by molar-refractivity contribution is -0.137. The van der Waals surface area contributed by atoms with Crippen molar-refractivity contribution in [2.24, 2.45) is 0 Å². The Labute approximate surface area is 196 Å². The van der Waals surface area contributed by atoms with Crippen molar-refractivity contribution in [3.8, 4) is 0 Å². The third-order valence-corrected chi connectivity index (χ3v) is 7.19. The average molecular weight is 480 g/mol. The highest BCUT2D eigenvalue weighted by Gasteiger charge is 2.34. The quantitative estimate of drug-likeness (QED) is 0.463. The van der Waals surface area contributed by atoms with Crippen molar-refractivity contribution in [2.45, 2.75) is 61.5 Å². The molecule has 2 aliphatic rings. The molecular formula is C24H28F3N3O2S. The Hall–Kier alpha value is -2.26. The number of halogens is 3. The summed E-state index contributed by atoms with van der Waals surface area (Å²) in [6.07, 6.45) is 0.341. The largest absolute Gasteiger partial charge is 0.462 e. The number of esters is 1. The molecule has 1 aromatic carbocycles. The molecule has 178 valence electrons. The van der Waals surface area contributed by atoms with E-state index in [1.807, 2.05) is 0 Å². The van der Waals surface area contributed by atoms with Crippen molar-refractivity contribution in [1.29, 1.82) is 0 Å². The van der Waals surface area contributed by atoms with Gasteiger partial charge in [-0.1, -0.05) is 18.7 Å². The van der Waals surface area contributed by atoms with Crippen LogP contribution in [0.25, 0.3) is 0 Å². The molecule has 2 aliphatic heterocycles. The molecule has 1 saturated heterocycles. The number of hydrogen-bond acceptors (Lipinski definition) is 6. The molecule has 5 nitrogen and oxygen atoms in total. The standard InChI is InChI=1S/C24H28F3N3O2S/c1-3-7-30-8-5-17(6-9-30)29-19-11-16(24(25,26)27)12-21-18(19)13-20-22(33-21)10-15(14-28-20)23(31)32-4-2/h10-12,14,17,29H,3-9,13H2,1-2H3. The number of fused-ring (bicyclic) bond motifs is 2. The van der Waals surface area contributed by atoms with Gasteiger partial charge in [0.25, 0.3) is 0 Å². The van der Waals surface area contributed by atoms with Crippen molar-refractivity contribution in [1.82, 2.24) is 9.88 Å². The van der Waals surface area contributed by atoms with Crippen molar-refractivity contribution >= 4 is 23.4 Å². The molecule has 0 radical (unpaired) electrons. The molecule has 1 N–H and O–H groups in total. The van der Waals surface area contributed by atoms with E-state index in [1.165, 1.54) is 30.1 Å². The van der Waals surface area contributed by atoms with Crippen LogP contribution in [0.5, 0.6) is 0 Å². The Morgan fingerprint density at radius 2 is 1.97 bits per heavy atom. The Morgan fingerprint density at radius 3 is 2.64 bits per heavy atom. The number of likely N-dealkylation sites (tertiary alicyclic amines) is 1. The maximum absolute atomic E-state index is 13.7. The van der Waals surface area contributed by atoms with Gasteiger partial charge < -0.3 is 15.0 Å². The maximum Gasteiger partial charge on any atom is 0.416 e. The number of pyridine rings is 1. The maximum atomic E-state index is 13.7. The predicted octanol–water partition coefficient (Wildman–Crippen LogP) is 5.62. The number of benzene rings is 1. The summed E-state index contributed by atoms with van der Waals surface area (Å²) in [5.41, 5.74) is 1.74. The zero-order valence-corrected chi connectivity index (χ0v) is 19.6. The van der Waals surface area contributed by atoms with Gasteiger partial charge in [0.05, 0.1) is 23.4 Å². The van der Waals surface area contributed by atoms with Gasteiger partial charge in [0, 0.05) is 47.2 Å². The van der Waals surface area contributed by atoms with Crippen LogP contribution in [0.2, 0.25) is 0 Å². The molecule has 0 aliphatic carbocycles. The van der Waals surface area contributed by atoms with Gasteiger partial charge in [0.2, 0.25) is 0 Å². The highest BCUT2D eigenvalue weighted by Crippen LogP contribution is 2.45. The first-order chi connectivity index (χ1) is 15.8. The summed E-state index contributed by atoms with van der Waals surface area (Å²) in [7, 11) is 0. The lowest BCUT2D eigenvalue weighted by atomic mass is 9.99. The summed E-state index contributed by atoms with van der Waals surface area (Å²) in [4.78, 5) is 20.1. The second-order valence-electron chi connectivity index (χ2n) is 8.43. The number of aromatic nitrogens is 1. The van der Waals surface area contributed by atoms with Crippen LogP contribution < -0.4 is 5.32 Å². The third-order valence-electron chi connectivity index (χ3n) is 6.03. The summed E-state index contributed by atoms with van der Waals surface area (Å²) in [6.45, 7) is 7.06. The highest BCUT2D eigenvalue weighted by atomic mass is 32.2. The molecule has 9 heteroatoms. The summed E-state index contributed by atoms with van der Waals surface area (Å²) < 4.78 is 46.1. The Bertz CT molecular complexity index is 1020. The van der Waals surface area contributed by atoms with Gasteiger partial charge in [0.15, 0.2) is 0 Å². The molecule has 33 heavy (non-hydrogen) atoms. The summed E-state index contributed by atoms with van der Waals surface area (Å²) in [5.74, 6) is -0.486. The SMILES string of the molecule is CCCN1CCC(Nc2cc(C(F)(F)F)cc3c2Cc2ncc(C(=O)OCC)cc2S3)CC1. The molecule has 1 fully saturated rings. The molecule has 4 rings (SSSR count). The average Bonchev–Trinajstić information content (AvgIpc) is 2.78. The van der Waals surface area contributed by atoms with E-state index in [0.29, 0.717) is 27.5 Å². The number of rotatable bonds is 6. The molecule has 0 saturated carbocycles. The van der Waals surface area contributed by atoms with E-state index in [0.717, 1.165) is 50.2 Å². The van der Waals surface area contributed by atoms with Gasteiger partial charge in [-0.15, -0.1) is 0 Å². The van der Waals surface area contributed by atoms with Crippen molar-refractivity contribution < 1.29 is 22.7 Å². The van der Waals surface area contributed by atoms with Crippen LogP contribution in [-0.2, 0) is 17.3 Å². The highest BCUT2D eigenvalue weighted by molar-refractivity contribution is 7.99. The van der Waals surface area contributed by atoms with Gasteiger partial charge in [-0.2, -0.15) is 13.2 Å². The van der Waals surface area contributed by atoms with Gasteiger partial charge in [-0.05, 0) is 56.5 Å². The zero-order valence-electron chi connectivity index (χ0n) is 18.8. The van der Waals surface area contributed by atoms with E-state index < -0.39 is 17.7 Å². The number of hydrogen-bond donors (Lipinski definition) is 1. The number of carbonyl (C=O) groups is 1. The van der Waals surface area contributed by atoms with Crippen LogP contribution in [0.15, 0.2) is 34.2 Å². The molecule has 3 heterocycles. The minimum atomic E-state index is -4.44. The van der Waals surface area contributed by atoms with Crippen LogP contribution >= 0.6 is 11.8 Å². The number of alkyl halides is 3. The number of ether oxygens (including phenoxy) is 1. The van der Waals surface area contributed by atoms with E-state index in [9.17, 15) is 18.0 Å². The number of nitrogens with one attached hydrogen (secondary N) is 1. The number of piperidine rings is 1. The van der Waals surface area contributed by atoms with Crippen LogP contribution in [0.4, 0.5) is 18.9 Å². The first-order valence-corrected chi connectivity index (χ1v) is 12.2. The first-order valence-electron chi connectivity index (χ1n) is 11.3. The summed E-state index contributed by atoms with van der Waals surface area (Å²) in [6, 6.07) is 4.23. The van der Waals surface area contributed by atoms with Crippen LogP contribution in [0.1, 0.15) is 60.3 Å². The lowest BCUT2D eigenvalue weighted by Gasteiger charge is -2.34. The molecular weight excluding hydrogens is 451 g/mol. The second-order valence-corrected chi connectivity index (χ2v) is 9.51. The first kappa shape index (κ1) is 23.9. The lowest BCUT2D eigenvalue weighted by Crippen LogP contribution is -2.39. The number of carbonyl (C=O) groups excluding carboxylic acids is 1. The number of nitrogens with zero attached hydrogens (tertiary/aromatic N) is 2. The van der Waals surface area contributed by atoms with E-state index >= 15 is 0 Å². The molecule has 0 spiro atoms. The van der Waals surface area contributed by atoms with Crippen molar-refractivity contribution in [3.63, 3.8) is 0 Å². The molecule has 0 unspecified atom stereocenters. The second kappa shape index (κ2) is 9.93. The predicted molar refractivity (Wildman–Crippen MR) is 122 cm³/mol. The molecule has 0 amide bonds. The smallest absolute Gasteiger partial charge is 0.416 e. The van der Waals surface area contributed by atoms with E-state index in [2.05, 4.69) is 22.1 Å². The van der Waals surface area contributed by atoms with Gasteiger partial charge >= 0.3 is 12.1 Å². The summed E-state index contributed by atoms with van der Waals surface area (Å²) >= 11 is 1.23. The van der Waals surface area contributed by atoms with Crippen LogP contribution in [-0.4, -0.2) is 48.1 Å². The number of anilines is 1. The minimum absolute atomic E-state index is 0.135. The molecule has 0 atom stereocenters. The minimum Gasteiger partial charge on any atom is -0.462 e.